The summed E-state index contributed by atoms with van der Waals surface area (Å²) >= 11 is 6.19. The van der Waals surface area contributed by atoms with Gasteiger partial charge < -0.3 is 5.11 Å². The Hall–Kier alpha value is -0.530. The maximum Gasteiger partial charge on any atom is 0.0571 e. The number of hydrogen-bond acceptors (Lipinski definition) is 1. The van der Waals surface area contributed by atoms with Gasteiger partial charge in [0, 0.05) is 10.4 Å². The molecule has 0 saturated heterocycles. The van der Waals surface area contributed by atoms with Gasteiger partial charge in [0.1, 0.15) is 0 Å². The molecular formula is C13H17ClO. The first-order valence-corrected chi connectivity index (χ1v) is 5.84. The number of benzene rings is 1. The molecule has 1 aliphatic rings. The summed E-state index contributed by atoms with van der Waals surface area (Å²) in [5, 5.41) is 10.5. The summed E-state index contributed by atoms with van der Waals surface area (Å²) in [6, 6.07) is 6.16. The molecule has 1 N–H and O–H groups in total. The first kappa shape index (κ1) is 11.0. The molecule has 2 rings (SSSR count). The van der Waals surface area contributed by atoms with Crippen LogP contribution in [0.2, 0.25) is 5.02 Å². The number of aryl methyl sites for hydroxylation is 1. The fraction of sp³-hybridized carbons (Fsp3) is 0.538. The van der Waals surface area contributed by atoms with Crippen LogP contribution in [0, 0.1) is 12.3 Å². The largest absolute Gasteiger partial charge is 0.393 e. The molecule has 1 aliphatic carbocycles. The lowest BCUT2D eigenvalue weighted by molar-refractivity contribution is 0.110. The Labute approximate surface area is 96.1 Å². The quantitative estimate of drug-likeness (QED) is 0.835. The molecule has 1 aromatic carbocycles. The fourth-order valence-electron chi connectivity index (χ4n) is 2.08. The van der Waals surface area contributed by atoms with Crippen LogP contribution < -0.4 is 0 Å². The first-order chi connectivity index (χ1) is 7.03. The fourth-order valence-corrected chi connectivity index (χ4v) is 2.38. The highest BCUT2D eigenvalue weighted by molar-refractivity contribution is 6.31. The molecule has 1 aromatic rings. The minimum atomic E-state index is -0.227. The van der Waals surface area contributed by atoms with Gasteiger partial charge in [-0.05, 0) is 50.3 Å². The van der Waals surface area contributed by atoms with Gasteiger partial charge in [-0.2, -0.15) is 0 Å². The van der Waals surface area contributed by atoms with Crippen LogP contribution in [0.15, 0.2) is 18.2 Å². The summed E-state index contributed by atoms with van der Waals surface area (Å²) in [5.41, 5.74) is 2.46. The van der Waals surface area contributed by atoms with Crippen molar-refractivity contribution in [3.63, 3.8) is 0 Å². The van der Waals surface area contributed by atoms with Gasteiger partial charge in [0.15, 0.2) is 0 Å². The maximum absolute atomic E-state index is 9.71. The smallest absolute Gasteiger partial charge is 0.0571 e. The Balaban J connectivity index is 2.18. The molecule has 0 bridgehead atoms. The van der Waals surface area contributed by atoms with Crippen molar-refractivity contribution in [2.45, 2.75) is 39.2 Å². The Morgan fingerprint density at radius 1 is 1.47 bits per heavy atom. The molecule has 15 heavy (non-hydrogen) atoms. The monoisotopic (exact) mass is 224 g/mol. The first-order valence-electron chi connectivity index (χ1n) is 5.47. The summed E-state index contributed by atoms with van der Waals surface area (Å²) in [7, 11) is 0. The van der Waals surface area contributed by atoms with E-state index in [9.17, 15) is 5.11 Å². The van der Waals surface area contributed by atoms with Gasteiger partial charge in [-0.1, -0.05) is 23.7 Å². The minimum absolute atomic E-state index is 0.110. The zero-order valence-electron chi connectivity index (χ0n) is 9.26. The van der Waals surface area contributed by atoms with Crippen LogP contribution in [-0.4, -0.2) is 11.2 Å². The van der Waals surface area contributed by atoms with E-state index in [2.05, 4.69) is 12.1 Å². The van der Waals surface area contributed by atoms with E-state index in [0.717, 1.165) is 24.3 Å². The summed E-state index contributed by atoms with van der Waals surface area (Å²) in [5.74, 6) is 0. The van der Waals surface area contributed by atoms with Crippen LogP contribution in [0.3, 0.4) is 0 Å². The predicted molar refractivity (Wildman–Crippen MR) is 63.2 cm³/mol. The maximum atomic E-state index is 9.71. The normalized spacial score (nSPS) is 20.0. The second-order valence-corrected chi connectivity index (χ2v) is 5.22. The SMILES string of the molecule is Cc1ccc(CC2(C(C)O)CC2)c(Cl)c1. The molecule has 82 valence electrons. The van der Waals surface area contributed by atoms with Gasteiger partial charge in [0.05, 0.1) is 6.10 Å². The summed E-state index contributed by atoms with van der Waals surface area (Å²) in [6.07, 6.45) is 2.92. The summed E-state index contributed by atoms with van der Waals surface area (Å²) < 4.78 is 0. The van der Waals surface area contributed by atoms with Crippen molar-refractivity contribution in [2.24, 2.45) is 5.41 Å². The van der Waals surface area contributed by atoms with E-state index in [0.29, 0.717) is 0 Å². The third-order valence-electron chi connectivity index (χ3n) is 3.53. The lowest BCUT2D eigenvalue weighted by Gasteiger charge is -2.19. The van der Waals surface area contributed by atoms with E-state index in [1.54, 1.807) is 0 Å². The average Bonchev–Trinajstić information content (AvgIpc) is 2.91. The second-order valence-electron chi connectivity index (χ2n) is 4.81. The van der Waals surface area contributed by atoms with Crippen molar-refractivity contribution >= 4 is 11.6 Å². The molecule has 2 heteroatoms. The Kier molecular flexibility index (Phi) is 2.78. The topological polar surface area (TPSA) is 20.2 Å². The Bertz CT molecular complexity index is 367. The third kappa shape index (κ3) is 2.19. The van der Waals surface area contributed by atoms with E-state index in [1.807, 2.05) is 19.9 Å². The lowest BCUT2D eigenvalue weighted by Crippen LogP contribution is -2.20. The highest BCUT2D eigenvalue weighted by atomic mass is 35.5. The van der Waals surface area contributed by atoms with Crippen molar-refractivity contribution < 1.29 is 5.11 Å². The van der Waals surface area contributed by atoms with Gasteiger partial charge >= 0.3 is 0 Å². The summed E-state index contributed by atoms with van der Waals surface area (Å²) in [6.45, 7) is 3.92. The number of hydrogen-bond donors (Lipinski definition) is 1. The van der Waals surface area contributed by atoms with E-state index >= 15 is 0 Å². The van der Waals surface area contributed by atoms with Crippen LogP contribution in [0.5, 0.6) is 0 Å². The molecule has 0 heterocycles. The zero-order chi connectivity index (χ0) is 11.1. The molecule has 1 atom stereocenters. The van der Waals surface area contributed by atoms with Crippen molar-refractivity contribution in [1.82, 2.24) is 0 Å². The van der Waals surface area contributed by atoms with Gasteiger partial charge in [0.2, 0.25) is 0 Å². The van der Waals surface area contributed by atoms with Crippen LogP contribution >= 0.6 is 11.6 Å². The van der Waals surface area contributed by atoms with Crippen molar-refractivity contribution in [3.05, 3.63) is 34.3 Å². The van der Waals surface area contributed by atoms with Crippen LogP contribution in [0.25, 0.3) is 0 Å². The van der Waals surface area contributed by atoms with Gasteiger partial charge in [-0.3, -0.25) is 0 Å². The zero-order valence-corrected chi connectivity index (χ0v) is 10.0. The Morgan fingerprint density at radius 3 is 2.60 bits per heavy atom. The second kappa shape index (κ2) is 3.80. The van der Waals surface area contributed by atoms with Crippen LogP contribution in [-0.2, 0) is 6.42 Å². The highest BCUT2D eigenvalue weighted by Gasteiger charge is 2.46. The van der Waals surface area contributed by atoms with Gasteiger partial charge in [0.25, 0.3) is 0 Å². The standard InChI is InChI=1S/C13H17ClO/c1-9-3-4-11(12(14)7-9)8-13(5-6-13)10(2)15/h3-4,7,10,15H,5-6,8H2,1-2H3. The van der Waals surface area contributed by atoms with E-state index in [4.69, 9.17) is 11.6 Å². The molecular weight excluding hydrogens is 208 g/mol. The average molecular weight is 225 g/mol. The van der Waals surface area contributed by atoms with E-state index in [1.165, 1.54) is 11.1 Å². The number of aliphatic hydroxyl groups excluding tert-OH is 1. The van der Waals surface area contributed by atoms with Crippen LogP contribution in [0.4, 0.5) is 0 Å². The van der Waals surface area contributed by atoms with E-state index in [-0.39, 0.29) is 11.5 Å². The van der Waals surface area contributed by atoms with E-state index < -0.39 is 0 Å². The third-order valence-corrected chi connectivity index (χ3v) is 3.88. The number of rotatable bonds is 3. The minimum Gasteiger partial charge on any atom is -0.393 e. The van der Waals surface area contributed by atoms with Gasteiger partial charge in [-0.15, -0.1) is 0 Å². The molecule has 1 saturated carbocycles. The Morgan fingerprint density at radius 2 is 2.13 bits per heavy atom. The van der Waals surface area contributed by atoms with Crippen LogP contribution in [0.1, 0.15) is 30.9 Å². The van der Waals surface area contributed by atoms with Gasteiger partial charge in [-0.25, -0.2) is 0 Å². The molecule has 0 spiro atoms. The molecule has 1 fully saturated rings. The molecule has 0 amide bonds. The highest BCUT2D eigenvalue weighted by Crippen LogP contribution is 2.51. The van der Waals surface area contributed by atoms with Crippen molar-refractivity contribution in [3.8, 4) is 0 Å². The molecule has 1 unspecified atom stereocenters. The molecule has 0 aromatic heterocycles. The molecule has 0 radical (unpaired) electrons. The molecule has 0 aliphatic heterocycles. The molecule has 1 nitrogen and oxygen atoms in total. The number of halogens is 1. The lowest BCUT2D eigenvalue weighted by atomic mass is 9.91. The van der Waals surface area contributed by atoms with Crippen molar-refractivity contribution in [1.29, 1.82) is 0 Å². The number of aliphatic hydroxyl groups is 1. The predicted octanol–water partition coefficient (Wildman–Crippen LogP) is 3.35. The van der Waals surface area contributed by atoms with Crippen molar-refractivity contribution in [2.75, 3.05) is 0 Å². The summed E-state index contributed by atoms with van der Waals surface area (Å²) in [4.78, 5) is 0.